The number of sulfonamides is 1. The molecule has 1 saturated carbocycles. The Kier molecular flexibility index (Phi) is 3.70. The number of hydrogen-bond acceptors (Lipinski definition) is 3. The second-order valence-corrected chi connectivity index (χ2v) is 9.74. The zero-order chi connectivity index (χ0) is 14.6. The second-order valence-electron chi connectivity index (χ2n) is 7.99. The fraction of sp³-hybridized carbons (Fsp3) is 1.00. The van der Waals surface area contributed by atoms with E-state index in [0.717, 1.165) is 0 Å². The highest BCUT2D eigenvalue weighted by Gasteiger charge is 2.60. The van der Waals surface area contributed by atoms with Crippen LogP contribution in [0.4, 0.5) is 0 Å². The molecule has 18 heavy (non-hydrogen) atoms. The number of rotatable bonds is 3. The Hall–Kier alpha value is -0.130. The SMILES string of the molecule is CC(C)(C)CS(=O)(=O)NC1C(C)(C)C(N)C1(C)C. The van der Waals surface area contributed by atoms with Crippen molar-refractivity contribution in [2.45, 2.75) is 60.5 Å². The Balaban J connectivity index is 2.86. The van der Waals surface area contributed by atoms with Gasteiger partial charge >= 0.3 is 0 Å². The summed E-state index contributed by atoms with van der Waals surface area (Å²) in [5.41, 5.74) is 5.49. The molecular formula is C13H28N2O2S. The van der Waals surface area contributed by atoms with Crippen LogP contribution in [-0.4, -0.2) is 26.3 Å². The minimum Gasteiger partial charge on any atom is -0.327 e. The van der Waals surface area contributed by atoms with Crippen LogP contribution in [0.5, 0.6) is 0 Å². The van der Waals surface area contributed by atoms with E-state index in [1.54, 1.807) is 0 Å². The van der Waals surface area contributed by atoms with Gasteiger partial charge in [-0.2, -0.15) is 0 Å². The second kappa shape index (κ2) is 4.18. The molecule has 0 amide bonds. The summed E-state index contributed by atoms with van der Waals surface area (Å²) in [6, 6.07) is -0.0975. The zero-order valence-corrected chi connectivity index (χ0v) is 13.5. The molecular weight excluding hydrogens is 248 g/mol. The van der Waals surface area contributed by atoms with E-state index >= 15 is 0 Å². The summed E-state index contributed by atoms with van der Waals surface area (Å²) >= 11 is 0. The summed E-state index contributed by atoms with van der Waals surface area (Å²) in [5.74, 6) is 0.137. The van der Waals surface area contributed by atoms with Crippen molar-refractivity contribution >= 4 is 10.0 Å². The third-order valence-electron chi connectivity index (χ3n) is 4.01. The minimum atomic E-state index is -3.27. The van der Waals surface area contributed by atoms with Gasteiger partial charge in [0.2, 0.25) is 10.0 Å². The lowest BCUT2D eigenvalue weighted by Crippen LogP contribution is -2.76. The van der Waals surface area contributed by atoms with Crippen LogP contribution in [0.25, 0.3) is 0 Å². The Labute approximate surface area is 112 Å². The van der Waals surface area contributed by atoms with E-state index in [2.05, 4.69) is 4.72 Å². The highest BCUT2D eigenvalue weighted by molar-refractivity contribution is 7.89. The van der Waals surface area contributed by atoms with Crippen molar-refractivity contribution in [3.05, 3.63) is 0 Å². The third-order valence-corrected chi connectivity index (χ3v) is 5.85. The van der Waals surface area contributed by atoms with Crippen molar-refractivity contribution in [3.8, 4) is 0 Å². The summed E-state index contributed by atoms with van der Waals surface area (Å²) in [6.07, 6.45) is 0. The van der Waals surface area contributed by atoms with Gasteiger partial charge in [-0.25, -0.2) is 13.1 Å². The Morgan fingerprint density at radius 3 is 1.83 bits per heavy atom. The average molecular weight is 276 g/mol. The van der Waals surface area contributed by atoms with Gasteiger partial charge in [-0.1, -0.05) is 48.5 Å². The van der Waals surface area contributed by atoms with Crippen molar-refractivity contribution in [1.82, 2.24) is 4.72 Å². The molecule has 0 aliphatic heterocycles. The maximum atomic E-state index is 12.2. The van der Waals surface area contributed by atoms with Crippen LogP contribution < -0.4 is 10.5 Å². The number of nitrogens with one attached hydrogen (secondary N) is 1. The number of nitrogens with two attached hydrogens (primary N) is 1. The minimum absolute atomic E-state index is 0.00679. The first-order valence-electron chi connectivity index (χ1n) is 6.46. The lowest BCUT2D eigenvalue weighted by atomic mass is 9.49. The topological polar surface area (TPSA) is 72.2 Å². The largest absolute Gasteiger partial charge is 0.327 e. The van der Waals surface area contributed by atoms with Crippen LogP contribution in [0.1, 0.15) is 48.5 Å². The van der Waals surface area contributed by atoms with Crippen LogP contribution in [0, 0.1) is 16.2 Å². The van der Waals surface area contributed by atoms with Crippen molar-refractivity contribution < 1.29 is 8.42 Å². The molecule has 0 bridgehead atoms. The molecule has 1 fully saturated rings. The van der Waals surface area contributed by atoms with Gasteiger partial charge in [-0.15, -0.1) is 0 Å². The smallest absolute Gasteiger partial charge is 0.212 e. The van der Waals surface area contributed by atoms with Crippen molar-refractivity contribution in [1.29, 1.82) is 0 Å². The molecule has 4 nitrogen and oxygen atoms in total. The molecule has 0 aromatic carbocycles. The van der Waals surface area contributed by atoms with Crippen LogP contribution in [0.2, 0.25) is 0 Å². The Morgan fingerprint density at radius 1 is 1.11 bits per heavy atom. The maximum absolute atomic E-state index is 12.2. The first kappa shape index (κ1) is 15.9. The molecule has 0 atom stereocenters. The Bertz CT molecular complexity index is 403. The van der Waals surface area contributed by atoms with Gasteiger partial charge in [-0.05, 0) is 16.2 Å². The van der Waals surface area contributed by atoms with Gasteiger partial charge in [0.25, 0.3) is 0 Å². The van der Waals surface area contributed by atoms with Gasteiger partial charge in [0.15, 0.2) is 0 Å². The molecule has 108 valence electrons. The summed E-state index contributed by atoms with van der Waals surface area (Å²) in [7, 11) is -3.27. The van der Waals surface area contributed by atoms with Crippen LogP contribution in [-0.2, 0) is 10.0 Å². The highest BCUT2D eigenvalue weighted by Crippen LogP contribution is 2.52. The summed E-state index contributed by atoms with van der Waals surface area (Å²) in [5, 5.41) is 0. The lowest BCUT2D eigenvalue weighted by Gasteiger charge is -2.62. The van der Waals surface area contributed by atoms with Gasteiger partial charge in [0.05, 0.1) is 5.75 Å². The molecule has 0 heterocycles. The first-order valence-corrected chi connectivity index (χ1v) is 8.11. The molecule has 1 aliphatic rings. The van der Waals surface area contributed by atoms with E-state index < -0.39 is 10.0 Å². The molecule has 0 spiro atoms. The molecule has 1 aliphatic carbocycles. The van der Waals surface area contributed by atoms with E-state index in [-0.39, 0.29) is 34.1 Å². The van der Waals surface area contributed by atoms with Gasteiger partial charge in [0.1, 0.15) is 0 Å². The van der Waals surface area contributed by atoms with Crippen molar-refractivity contribution in [2.75, 3.05) is 5.75 Å². The number of hydrogen-bond donors (Lipinski definition) is 2. The molecule has 0 unspecified atom stereocenters. The predicted octanol–water partition coefficient (Wildman–Crippen LogP) is 1.71. The average Bonchev–Trinajstić information content (AvgIpc) is 2.08. The normalized spacial score (nSPS) is 30.9. The molecule has 0 saturated heterocycles. The monoisotopic (exact) mass is 276 g/mol. The van der Waals surface area contributed by atoms with Gasteiger partial charge < -0.3 is 5.73 Å². The summed E-state index contributed by atoms with van der Waals surface area (Å²) < 4.78 is 27.2. The van der Waals surface area contributed by atoms with E-state index in [4.69, 9.17) is 5.73 Å². The molecule has 0 radical (unpaired) electrons. The maximum Gasteiger partial charge on any atom is 0.212 e. The van der Waals surface area contributed by atoms with Crippen LogP contribution in [0.15, 0.2) is 0 Å². The predicted molar refractivity (Wildman–Crippen MR) is 75.7 cm³/mol. The van der Waals surface area contributed by atoms with Crippen molar-refractivity contribution in [3.63, 3.8) is 0 Å². The van der Waals surface area contributed by atoms with Crippen LogP contribution in [0.3, 0.4) is 0 Å². The first-order chi connectivity index (χ1) is 7.70. The summed E-state index contributed by atoms with van der Waals surface area (Å²) in [4.78, 5) is 0. The van der Waals surface area contributed by atoms with E-state index in [1.807, 2.05) is 48.5 Å². The molecule has 3 N–H and O–H groups in total. The van der Waals surface area contributed by atoms with Crippen molar-refractivity contribution in [2.24, 2.45) is 22.0 Å². The quantitative estimate of drug-likeness (QED) is 0.824. The van der Waals surface area contributed by atoms with Gasteiger partial charge in [-0.3, -0.25) is 0 Å². The molecule has 5 heteroatoms. The van der Waals surface area contributed by atoms with Crippen LogP contribution >= 0.6 is 0 Å². The lowest BCUT2D eigenvalue weighted by molar-refractivity contribution is -0.0594. The standard InChI is InChI=1S/C13H28N2O2S/c1-11(2,3)8-18(16,17)15-10-12(4,5)9(14)13(10,6)7/h9-10,15H,8,14H2,1-7H3. The van der Waals surface area contributed by atoms with E-state index in [1.165, 1.54) is 0 Å². The fourth-order valence-electron chi connectivity index (χ4n) is 3.28. The molecule has 0 aromatic heterocycles. The molecule has 1 rings (SSSR count). The summed E-state index contributed by atoms with van der Waals surface area (Å²) in [6.45, 7) is 13.9. The van der Waals surface area contributed by atoms with Gasteiger partial charge in [0, 0.05) is 12.1 Å². The highest BCUT2D eigenvalue weighted by atomic mass is 32.2. The van der Waals surface area contributed by atoms with E-state index in [0.29, 0.717) is 0 Å². The zero-order valence-electron chi connectivity index (χ0n) is 12.7. The van der Waals surface area contributed by atoms with E-state index in [9.17, 15) is 8.42 Å². The third kappa shape index (κ3) is 2.89. The Morgan fingerprint density at radius 2 is 1.50 bits per heavy atom. The molecule has 0 aromatic rings. The fourth-order valence-corrected chi connectivity index (χ4v) is 5.47.